The van der Waals surface area contributed by atoms with E-state index in [1.165, 1.54) is 0 Å². The number of rotatable bonds is 3. The standard InChI is InChI=1S/C10H9BrClN/c1-2-3-6-13-10-7-8(11)4-5-9(10)12/h1,4-5,7,13H,3,6H2. The molecule has 0 aromatic heterocycles. The highest BCUT2D eigenvalue weighted by Crippen LogP contribution is 2.25. The van der Waals surface area contributed by atoms with E-state index in [1.54, 1.807) is 0 Å². The fourth-order valence-corrected chi connectivity index (χ4v) is 1.45. The number of benzene rings is 1. The van der Waals surface area contributed by atoms with E-state index in [4.69, 9.17) is 18.0 Å². The monoisotopic (exact) mass is 257 g/mol. The van der Waals surface area contributed by atoms with E-state index in [2.05, 4.69) is 27.2 Å². The van der Waals surface area contributed by atoms with Gasteiger partial charge in [-0.25, -0.2) is 0 Å². The summed E-state index contributed by atoms with van der Waals surface area (Å²) in [7, 11) is 0. The lowest BCUT2D eigenvalue weighted by atomic mass is 10.3. The molecule has 0 aliphatic carbocycles. The summed E-state index contributed by atoms with van der Waals surface area (Å²) in [6, 6.07) is 5.66. The van der Waals surface area contributed by atoms with Crippen LogP contribution in [0.4, 0.5) is 5.69 Å². The van der Waals surface area contributed by atoms with Crippen molar-refractivity contribution in [3.63, 3.8) is 0 Å². The Bertz CT molecular complexity index is 330. The smallest absolute Gasteiger partial charge is 0.0638 e. The van der Waals surface area contributed by atoms with E-state index in [1.807, 2.05) is 18.2 Å². The molecule has 68 valence electrons. The van der Waals surface area contributed by atoms with E-state index in [9.17, 15) is 0 Å². The van der Waals surface area contributed by atoms with Crippen molar-refractivity contribution in [3.8, 4) is 12.3 Å². The SMILES string of the molecule is C#CCCNc1cc(Br)ccc1Cl. The lowest BCUT2D eigenvalue weighted by Gasteiger charge is -2.06. The minimum atomic E-state index is 0.697. The van der Waals surface area contributed by atoms with Gasteiger partial charge in [0, 0.05) is 17.4 Å². The summed E-state index contributed by atoms with van der Waals surface area (Å²) < 4.78 is 1.00. The van der Waals surface area contributed by atoms with Gasteiger partial charge in [-0.05, 0) is 18.2 Å². The Labute approximate surface area is 91.6 Å². The highest BCUT2D eigenvalue weighted by atomic mass is 79.9. The van der Waals surface area contributed by atoms with Gasteiger partial charge in [-0.2, -0.15) is 0 Å². The van der Waals surface area contributed by atoms with Crippen LogP contribution in [0.1, 0.15) is 6.42 Å². The Morgan fingerprint density at radius 1 is 1.54 bits per heavy atom. The molecule has 0 radical (unpaired) electrons. The van der Waals surface area contributed by atoms with Crippen molar-refractivity contribution in [1.82, 2.24) is 0 Å². The van der Waals surface area contributed by atoms with Gasteiger partial charge in [0.15, 0.2) is 0 Å². The Morgan fingerprint density at radius 3 is 3.00 bits per heavy atom. The molecule has 1 aromatic carbocycles. The van der Waals surface area contributed by atoms with Crippen molar-refractivity contribution in [2.75, 3.05) is 11.9 Å². The zero-order valence-electron chi connectivity index (χ0n) is 6.98. The fraction of sp³-hybridized carbons (Fsp3) is 0.200. The number of nitrogens with one attached hydrogen (secondary N) is 1. The van der Waals surface area contributed by atoms with E-state index in [0.29, 0.717) is 11.4 Å². The van der Waals surface area contributed by atoms with Crippen molar-refractivity contribution in [2.24, 2.45) is 0 Å². The van der Waals surface area contributed by atoms with Crippen LogP contribution < -0.4 is 5.32 Å². The van der Waals surface area contributed by atoms with Crippen LogP contribution in [0.5, 0.6) is 0 Å². The molecule has 1 aromatic rings. The van der Waals surface area contributed by atoms with Gasteiger partial charge >= 0.3 is 0 Å². The van der Waals surface area contributed by atoms with Gasteiger partial charge in [0.25, 0.3) is 0 Å². The first kappa shape index (κ1) is 10.4. The lowest BCUT2D eigenvalue weighted by molar-refractivity contribution is 1.10. The third-order valence-electron chi connectivity index (χ3n) is 1.51. The van der Waals surface area contributed by atoms with Crippen LogP contribution in [0.2, 0.25) is 5.02 Å². The van der Waals surface area contributed by atoms with Crippen LogP contribution in [-0.2, 0) is 0 Å². The van der Waals surface area contributed by atoms with Crippen LogP contribution in [0.25, 0.3) is 0 Å². The molecule has 1 nitrogen and oxygen atoms in total. The van der Waals surface area contributed by atoms with Crippen molar-refractivity contribution in [3.05, 3.63) is 27.7 Å². The van der Waals surface area contributed by atoms with Crippen molar-refractivity contribution < 1.29 is 0 Å². The Balaban J connectivity index is 2.65. The molecule has 0 spiro atoms. The van der Waals surface area contributed by atoms with Crippen molar-refractivity contribution >= 4 is 33.2 Å². The molecule has 0 heterocycles. The molecule has 0 fully saturated rings. The Kier molecular flexibility index (Phi) is 4.14. The summed E-state index contributed by atoms with van der Waals surface area (Å²) in [5.74, 6) is 2.55. The van der Waals surface area contributed by atoms with Crippen LogP contribution in [-0.4, -0.2) is 6.54 Å². The average molecular weight is 259 g/mol. The maximum Gasteiger partial charge on any atom is 0.0638 e. The van der Waals surface area contributed by atoms with Gasteiger partial charge < -0.3 is 5.32 Å². The second kappa shape index (κ2) is 5.16. The molecule has 0 unspecified atom stereocenters. The van der Waals surface area contributed by atoms with Gasteiger partial charge in [0.05, 0.1) is 10.7 Å². The third kappa shape index (κ3) is 3.30. The topological polar surface area (TPSA) is 12.0 Å². The van der Waals surface area contributed by atoms with E-state index in [0.717, 1.165) is 16.7 Å². The first-order valence-electron chi connectivity index (χ1n) is 3.86. The number of terminal acetylenes is 1. The summed E-state index contributed by atoms with van der Waals surface area (Å²) >= 11 is 9.31. The average Bonchev–Trinajstić information content (AvgIpc) is 2.11. The molecule has 0 aliphatic rings. The summed E-state index contributed by atoms with van der Waals surface area (Å²) in [5, 5.41) is 3.86. The predicted octanol–water partition coefficient (Wildman–Crippen LogP) is 3.54. The first-order chi connectivity index (χ1) is 6.24. The molecule has 0 saturated heterocycles. The quantitative estimate of drug-likeness (QED) is 0.646. The molecule has 0 atom stereocenters. The molecule has 3 heteroatoms. The predicted molar refractivity (Wildman–Crippen MR) is 61.1 cm³/mol. The molecular formula is C10H9BrClN. The molecule has 1 N–H and O–H groups in total. The van der Waals surface area contributed by atoms with Crippen LogP contribution >= 0.6 is 27.5 Å². The first-order valence-corrected chi connectivity index (χ1v) is 5.03. The number of hydrogen-bond donors (Lipinski definition) is 1. The zero-order valence-corrected chi connectivity index (χ0v) is 9.32. The maximum atomic E-state index is 5.94. The van der Waals surface area contributed by atoms with Crippen molar-refractivity contribution in [2.45, 2.75) is 6.42 Å². The normalized spacial score (nSPS) is 9.31. The largest absolute Gasteiger partial charge is 0.383 e. The summed E-state index contributed by atoms with van der Waals surface area (Å²) in [6.07, 6.45) is 5.83. The molecule has 1 rings (SSSR count). The van der Waals surface area contributed by atoms with Gasteiger partial charge in [0.2, 0.25) is 0 Å². The van der Waals surface area contributed by atoms with Crippen molar-refractivity contribution in [1.29, 1.82) is 0 Å². The van der Waals surface area contributed by atoms with Gasteiger partial charge in [-0.15, -0.1) is 12.3 Å². The number of hydrogen-bond acceptors (Lipinski definition) is 1. The summed E-state index contributed by atoms with van der Waals surface area (Å²) in [4.78, 5) is 0. The number of anilines is 1. The minimum absolute atomic E-state index is 0.697. The molecule has 0 bridgehead atoms. The maximum absolute atomic E-state index is 5.94. The zero-order chi connectivity index (χ0) is 9.68. The van der Waals surface area contributed by atoms with Gasteiger partial charge in [0.1, 0.15) is 0 Å². The second-order valence-corrected chi connectivity index (χ2v) is 3.83. The molecular weight excluding hydrogens is 249 g/mol. The second-order valence-electron chi connectivity index (χ2n) is 2.51. The minimum Gasteiger partial charge on any atom is -0.383 e. The van der Waals surface area contributed by atoms with Gasteiger partial charge in [-0.1, -0.05) is 27.5 Å². The highest BCUT2D eigenvalue weighted by Gasteiger charge is 1.98. The highest BCUT2D eigenvalue weighted by molar-refractivity contribution is 9.10. The summed E-state index contributed by atoms with van der Waals surface area (Å²) in [6.45, 7) is 0.743. The third-order valence-corrected chi connectivity index (χ3v) is 2.34. The molecule has 0 amide bonds. The van der Waals surface area contributed by atoms with Crippen LogP contribution in [0.15, 0.2) is 22.7 Å². The van der Waals surface area contributed by atoms with E-state index < -0.39 is 0 Å². The molecule has 13 heavy (non-hydrogen) atoms. The van der Waals surface area contributed by atoms with E-state index in [-0.39, 0.29) is 0 Å². The molecule has 0 aliphatic heterocycles. The van der Waals surface area contributed by atoms with Crippen LogP contribution in [0.3, 0.4) is 0 Å². The number of halogens is 2. The lowest BCUT2D eigenvalue weighted by Crippen LogP contribution is -2.00. The Hall–Kier alpha value is -0.650. The fourth-order valence-electron chi connectivity index (χ4n) is 0.902. The Morgan fingerprint density at radius 2 is 2.31 bits per heavy atom. The van der Waals surface area contributed by atoms with Crippen LogP contribution in [0, 0.1) is 12.3 Å². The summed E-state index contributed by atoms with van der Waals surface area (Å²) in [5.41, 5.74) is 0.909. The molecule has 0 saturated carbocycles. The van der Waals surface area contributed by atoms with E-state index >= 15 is 0 Å². The van der Waals surface area contributed by atoms with Gasteiger partial charge in [-0.3, -0.25) is 0 Å².